The van der Waals surface area contributed by atoms with Crippen molar-refractivity contribution < 1.29 is 14.0 Å². The van der Waals surface area contributed by atoms with Crippen molar-refractivity contribution in [3.8, 4) is 0 Å². The Hall–Kier alpha value is -3.80. The molecule has 0 saturated heterocycles. The lowest BCUT2D eigenvalue weighted by Crippen LogP contribution is -2.38. The Morgan fingerprint density at radius 1 is 1.03 bits per heavy atom. The Morgan fingerprint density at radius 3 is 2.47 bits per heavy atom. The minimum Gasteiger partial charge on any atom is -0.325 e. The van der Waals surface area contributed by atoms with Gasteiger partial charge in [0.1, 0.15) is 12.4 Å². The highest BCUT2D eigenvalue weighted by molar-refractivity contribution is 6.18. The number of nitrogens with one attached hydrogen (secondary N) is 1. The van der Waals surface area contributed by atoms with Crippen LogP contribution in [0.4, 0.5) is 21.5 Å². The van der Waals surface area contributed by atoms with Crippen LogP contribution in [0.5, 0.6) is 0 Å². The molecule has 0 unspecified atom stereocenters. The summed E-state index contributed by atoms with van der Waals surface area (Å²) in [5.74, 6) is -0.900. The highest BCUT2D eigenvalue weighted by Gasteiger charge is 2.26. The van der Waals surface area contributed by atoms with E-state index in [1.54, 1.807) is 30.3 Å². The second-order valence-electron chi connectivity index (χ2n) is 7.12. The number of hydrogen-bond donors (Lipinski definition) is 1. The zero-order chi connectivity index (χ0) is 21.1. The maximum absolute atomic E-state index is 13.3. The summed E-state index contributed by atoms with van der Waals surface area (Å²) in [5.41, 5.74) is 4.13. The summed E-state index contributed by atoms with van der Waals surface area (Å²) in [4.78, 5) is 31.8. The van der Waals surface area contributed by atoms with E-state index in [1.807, 2.05) is 37.3 Å². The van der Waals surface area contributed by atoms with E-state index in [4.69, 9.17) is 0 Å². The lowest BCUT2D eigenvalue weighted by molar-refractivity contribution is -0.120. The molecule has 30 heavy (non-hydrogen) atoms. The van der Waals surface area contributed by atoms with Gasteiger partial charge < -0.3 is 10.2 Å². The third-order valence-electron chi connectivity index (χ3n) is 4.86. The molecule has 0 aromatic heterocycles. The number of carbonyl (C=O) groups is 2. The molecule has 1 N–H and O–H groups in total. The fourth-order valence-electron chi connectivity index (χ4n) is 3.31. The van der Waals surface area contributed by atoms with E-state index in [0.29, 0.717) is 28.3 Å². The van der Waals surface area contributed by atoms with Crippen molar-refractivity contribution in [2.45, 2.75) is 13.3 Å². The van der Waals surface area contributed by atoms with Crippen molar-refractivity contribution >= 4 is 34.6 Å². The van der Waals surface area contributed by atoms with Crippen molar-refractivity contribution in [3.05, 3.63) is 89.7 Å². The van der Waals surface area contributed by atoms with Gasteiger partial charge in [-0.15, -0.1) is 0 Å². The average molecular weight is 401 g/mol. The molecule has 0 aliphatic carbocycles. The van der Waals surface area contributed by atoms with Gasteiger partial charge in [-0.1, -0.05) is 42.0 Å². The van der Waals surface area contributed by atoms with Crippen molar-refractivity contribution in [3.63, 3.8) is 0 Å². The quantitative estimate of drug-likeness (QED) is 0.693. The van der Waals surface area contributed by atoms with Crippen LogP contribution in [0, 0.1) is 12.7 Å². The minimum atomic E-state index is -0.353. The highest BCUT2D eigenvalue weighted by Crippen LogP contribution is 2.32. The van der Waals surface area contributed by atoms with E-state index < -0.39 is 0 Å². The molecule has 4 rings (SSSR count). The van der Waals surface area contributed by atoms with Gasteiger partial charge >= 0.3 is 0 Å². The summed E-state index contributed by atoms with van der Waals surface area (Å²) in [7, 11) is 0. The van der Waals surface area contributed by atoms with E-state index in [0.717, 1.165) is 5.56 Å². The number of para-hydroxylation sites is 2. The SMILES string of the molecule is Cc1ccc(NC(=O)CN2C(=O)CC(c3ccc(F)cc3)=Nc3ccccc32)cc1. The number of amides is 2. The molecule has 0 fully saturated rings. The number of anilines is 2. The highest BCUT2D eigenvalue weighted by atomic mass is 19.1. The van der Waals surface area contributed by atoms with Crippen molar-refractivity contribution in [2.75, 3.05) is 16.8 Å². The van der Waals surface area contributed by atoms with E-state index in [9.17, 15) is 14.0 Å². The van der Waals surface area contributed by atoms with Crippen LogP contribution in [-0.2, 0) is 9.59 Å². The van der Waals surface area contributed by atoms with E-state index in [1.165, 1.54) is 17.0 Å². The van der Waals surface area contributed by atoms with Crippen LogP contribution in [0.2, 0.25) is 0 Å². The minimum absolute atomic E-state index is 0.0120. The fourth-order valence-corrected chi connectivity index (χ4v) is 3.31. The largest absolute Gasteiger partial charge is 0.325 e. The summed E-state index contributed by atoms with van der Waals surface area (Å²) in [6.07, 6.45) is 0.0120. The van der Waals surface area contributed by atoms with Gasteiger partial charge in [0.25, 0.3) is 0 Å². The number of aryl methyl sites for hydroxylation is 1. The Bertz CT molecular complexity index is 1120. The van der Waals surface area contributed by atoms with Crippen LogP contribution in [0.3, 0.4) is 0 Å². The van der Waals surface area contributed by atoms with Crippen LogP contribution in [0.1, 0.15) is 17.5 Å². The number of aliphatic imine (C=N–C) groups is 1. The Labute approximate surface area is 173 Å². The summed E-state index contributed by atoms with van der Waals surface area (Å²) in [6, 6.07) is 20.5. The zero-order valence-corrected chi connectivity index (χ0v) is 16.4. The molecule has 0 saturated carbocycles. The van der Waals surface area contributed by atoms with Gasteiger partial charge in [0.05, 0.1) is 23.5 Å². The number of fused-ring (bicyclic) bond motifs is 1. The number of halogens is 1. The maximum atomic E-state index is 13.3. The summed E-state index contributed by atoms with van der Waals surface area (Å²) in [6.45, 7) is 1.84. The molecule has 1 heterocycles. The first-order valence-electron chi connectivity index (χ1n) is 9.59. The van der Waals surface area contributed by atoms with Crippen LogP contribution in [0.25, 0.3) is 0 Å². The molecule has 1 aliphatic rings. The fraction of sp³-hybridized carbons (Fsp3) is 0.125. The molecular formula is C24H20FN3O2. The van der Waals surface area contributed by atoms with Gasteiger partial charge in [0.15, 0.2) is 0 Å². The molecule has 0 bridgehead atoms. The molecule has 0 radical (unpaired) electrons. The van der Waals surface area contributed by atoms with E-state index >= 15 is 0 Å². The molecule has 3 aromatic carbocycles. The topological polar surface area (TPSA) is 61.8 Å². The molecule has 0 atom stereocenters. The maximum Gasteiger partial charge on any atom is 0.244 e. The standard InChI is InChI=1S/C24H20FN3O2/c1-16-6-12-19(13-7-16)26-23(29)15-28-22-5-3-2-4-20(22)27-21(14-24(28)30)17-8-10-18(25)11-9-17/h2-13H,14-15H2,1H3,(H,26,29). The molecule has 5 nitrogen and oxygen atoms in total. The summed E-state index contributed by atoms with van der Waals surface area (Å²) < 4.78 is 13.3. The molecule has 1 aliphatic heterocycles. The molecule has 2 amide bonds. The smallest absolute Gasteiger partial charge is 0.244 e. The third kappa shape index (κ3) is 4.27. The predicted octanol–water partition coefficient (Wildman–Crippen LogP) is 4.63. The first-order valence-corrected chi connectivity index (χ1v) is 9.59. The first kappa shape index (κ1) is 19.5. The summed E-state index contributed by atoms with van der Waals surface area (Å²) in [5, 5.41) is 2.83. The summed E-state index contributed by atoms with van der Waals surface area (Å²) >= 11 is 0. The second kappa shape index (κ2) is 8.29. The normalized spacial score (nSPS) is 13.3. The molecule has 150 valence electrons. The monoisotopic (exact) mass is 401 g/mol. The van der Waals surface area contributed by atoms with Gasteiger partial charge in [-0.3, -0.25) is 14.6 Å². The molecular weight excluding hydrogens is 381 g/mol. The number of nitrogens with zero attached hydrogens (tertiary/aromatic N) is 2. The van der Waals surface area contributed by atoms with Crippen LogP contribution in [0.15, 0.2) is 77.8 Å². The lowest BCUT2D eigenvalue weighted by Gasteiger charge is -2.22. The van der Waals surface area contributed by atoms with Gasteiger partial charge in [0.2, 0.25) is 11.8 Å². The van der Waals surface area contributed by atoms with E-state index in [-0.39, 0.29) is 30.6 Å². The Morgan fingerprint density at radius 2 is 1.73 bits per heavy atom. The lowest BCUT2D eigenvalue weighted by atomic mass is 10.1. The number of carbonyl (C=O) groups excluding carboxylic acids is 2. The van der Waals surface area contributed by atoms with Crippen molar-refractivity contribution in [1.82, 2.24) is 0 Å². The van der Waals surface area contributed by atoms with Gasteiger partial charge in [-0.05, 0) is 48.9 Å². The van der Waals surface area contributed by atoms with Crippen molar-refractivity contribution in [2.24, 2.45) is 4.99 Å². The number of benzene rings is 3. The third-order valence-corrected chi connectivity index (χ3v) is 4.86. The van der Waals surface area contributed by atoms with Crippen LogP contribution in [-0.4, -0.2) is 24.1 Å². The second-order valence-corrected chi connectivity index (χ2v) is 7.12. The van der Waals surface area contributed by atoms with Gasteiger partial charge in [0, 0.05) is 5.69 Å². The number of hydrogen-bond acceptors (Lipinski definition) is 3. The van der Waals surface area contributed by atoms with Gasteiger partial charge in [-0.2, -0.15) is 0 Å². The average Bonchev–Trinajstić information content (AvgIpc) is 2.87. The Balaban J connectivity index is 1.60. The van der Waals surface area contributed by atoms with Gasteiger partial charge in [-0.25, -0.2) is 4.39 Å². The van der Waals surface area contributed by atoms with Crippen LogP contribution < -0.4 is 10.2 Å². The Kier molecular flexibility index (Phi) is 5.39. The molecule has 6 heteroatoms. The number of rotatable bonds is 4. The van der Waals surface area contributed by atoms with E-state index in [2.05, 4.69) is 10.3 Å². The first-order chi connectivity index (χ1) is 14.5. The van der Waals surface area contributed by atoms with Crippen molar-refractivity contribution in [1.29, 1.82) is 0 Å². The zero-order valence-electron chi connectivity index (χ0n) is 16.4. The van der Waals surface area contributed by atoms with Crippen LogP contribution >= 0.6 is 0 Å². The molecule has 0 spiro atoms. The predicted molar refractivity (Wildman–Crippen MR) is 116 cm³/mol. The molecule has 3 aromatic rings.